The van der Waals surface area contributed by atoms with Gasteiger partial charge in [0.25, 0.3) is 10.0 Å². The molecule has 0 atom stereocenters. The fourth-order valence-corrected chi connectivity index (χ4v) is 3.20. The molecule has 0 aromatic heterocycles. The number of phenols is 1. The van der Waals surface area contributed by atoms with E-state index in [9.17, 15) is 26.0 Å². The van der Waals surface area contributed by atoms with Gasteiger partial charge in [0.1, 0.15) is 5.69 Å². The third-order valence-electron chi connectivity index (χ3n) is 3.31. The van der Waals surface area contributed by atoms with Gasteiger partial charge < -0.3 is 5.11 Å². The van der Waals surface area contributed by atoms with Gasteiger partial charge in [0, 0.05) is 5.88 Å². The van der Waals surface area contributed by atoms with Gasteiger partial charge in [-0.3, -0.25) is 4.72 Å². The number of sulfonamides is 1. The van der Waals surface area contributed by atoms with Gasteiger partial charge in [0.15, 0.2) is 17.4 Å². The minimum atomic E-state index is -4.51. The average molecular weight is 398 g/mol. The highest BCUT2D eigenvalue weighted by Gasteiger charge is 2.28. The van der Waals surface area contributed by atoms with Gasteiger partial charge in [-0.1, -0.05) is 12.1 Å². The molecule has 0 fully saturated rings. The zero-order chi connectivity index (χ0) is 18.8. The number of halogens is 5. The van der Waals surface area contributed by atoms with E-state index in [1.165, 1.54) is 29.0 Å². The molecule has 0 aliphatic carbocycles. The van der Waals surface area contributed by atoms with Crippen molar-refractivity contribution in [3.05, 3.63) is 53.1 Å². The van der Waals surface area contributed by atoms with Gasteiger partial charge in [-0.05, 0) is 30.5 Å². The van der Waals surface area contributed by atoms with E-state index in [-0.39, 0.29) is 4.90 Å². The Balaban J connectivity index is 2.37. The molecular formula is C15H12ClF4NO3S. The highest BCUT2D eigenvalue weighted by Crippen LogP contribution is 2.33. The van der Waals surface area contributed by atoms with E-state index in [2.05, 4.69) is 0 Å². The lowest BCUT2D eigenvalue weighted by Crippen LogP contribution is -2.16. The van der Waals surface area contributed by atoms with E-state index in [0.29, 0.717) is 18.7 Å². The van der Waals surface area contributed by atoms with Gasteiger partial charge in [-0.25, -0.2) is 17.2 Å². The van der Waals surface area contributed by atoms with Crippen molar-refractivity contribution in [3.8, 4) is 5.75 Å². The molecule has 2 aromatic carbocycles. The lowest BCUT2D eigenvalue weighted by molar-refractivity contribution is 0.359. The third kappa shape index (κ3) is 3.98. The molecule has 0 unspecified atom stereocenters. The van der Waals surface area contributed by atoms with E-state index >= 15 is 0 Å². The van der Waals surface area contributed by atoms with E-state index in [1.54, 1.807) is 0 Å². The molecule has 136 valence electrons. The summed E-state index contributed by atoms with van der Waals surface area (Å²) in [6.07, 6.45) is 1.28. The highest BCUT2D eigenvalue weighted by atomic mass is 35.5. The molecule has 4 nitrogen and oxygen atoms in total. The van der Waals surface area contributed by atoms with Gasteiger partial charge in [-0.15, -0.1) is 11.6 Å². The SMILES string of the molecule is O=S(=O)(Nc1c(F)c(F)c(O)c(F)c1F)c1ccc(CCCCl)cc1. The average Bonchev–Trinajstić information content (AvgIpc) is 2.60. The first-order valence-electron chi connectivity index (χ1n) is 6.91. The third-order valence-corrected chi connectivity index (χ3v) is 4.94. The maximum Gasteiger partial charge on any atom is 0.262 e. The summed E-state index contributed by atoms with van der Waals surface area (Å²) in [7, 11) is -4.51. The number of nitrogens with one attached hydrogen (secondary N) is 1. The monoisotopic (exact) mass is 397 g/mol. The van der Waals surface area contributed by atoms with Crippen molar-refractivity contribution in [2.45, 2.75) is 17.7 Å². The minimum Gasteiger partial charge on any atom is -0.503 e. The topological polar surface area (TPSA) is 66.4 Å². The summed E-state index contributed by atoms with van der Waals surface area (Å²) in [6, 6.07) is 5.31. The Labute approximate surface area is 146 Å². The van der Waals surface area contributed by atoms with Gasteiger partial charge >= 0.3 is 0 Å². The number of aryl methyl sites for hydroxylation is 1. The van der Waals surface area contributed by atoms with Crippen LogP contribution >= 0.6 is 11.6 Å². The van der Waals surface area contributed by atoms with E-state index in [1.807, 2.05) is 0 Å². The van der Waals surface area contributed by atoms with Crippen molar-refractivity contribution in [1.82, 2.24) is 0 Å². The van der Waals surface area contributed by atoms with Gasteiger partial charge in [0.05, 0.1) is 4.90 Å². The Morgan fingerprint density at radius 2 is 1.48 bits per heavy atom. The molecule has 0 aliphatic heterocycles. The number of hydrogen-bond donors (Lipinski definition) is 2. The molecule has 0 heterocycles. The lowest BCUT2D eigenvalue weighted by atomic mass is 10.1. The van der Waals surface area contributed by atoms with Crippen molar-refractivity contribution in [3.63, 3.8) is 0 Å². The fraction of sp³-hybridized carbons (Fsp3) is 0.200. The van der Waals surface area contributed by atoms with E-state index < -0.39 is 44.7 Å². The zero-order valence-electron chi connectivity index (χ0n) is 12.5. The largest absolute Gasteiger partial charge is 0.503 e. The van der Waals surface area contributed by atoms with Crippen LogP contribution in [0.2, 0.25) is 0 Å². The summed E-state index contributed by atoms with van der Waals surface area (Å²) in [4.78, 5) is -0.366. The van der Waals surface area contributed by atoms with Crippen LogP contribution in [0.25, 0.3) is 0 Å². The van der Waals surface area contributed by atoms with Crippen molar-refractivity contribution >= 4 is 27.3 Å². The highest BCUT2D eigenvalue weighted by molar-refractivity contribution is 7.92. The second-order valence-electron chi connectivity index (χ2n) is 5.02. The Morgan fingerprint density at radius 3 is 1.96 bits per heavy atom. The Kier molecular flexibility index (Phi) is 5.79. The molecule has 25 heavy (non-hydrogen) atoms. The van der Waals surface area contributed by atoms with Gasteiger partial charge in [0.2, 0.25) is 11.6 Å². The van der Waals surface area contributed by atoms with E-state index in [4.69, 9.17) is 16.7 Å². The molecule has 0 bridgehead atoms. The van der Waals surface area contributed by atoms with E-state index in [0.717, 1.165) is 5.56 Å². The molecule has 0 spiro atoms. The predicted octanol–water partition coefficient (Wildman–Crippen LogP) is 3.92. The summed E-state index contributed by atoms with van der Waals surface area (Å²) < 4.78 is 79.7. The Hall–Kier alpha value is -2.00. The number of hydrogen-bond acceptors (Lipinski definition) is 3. The molecule has 2 aromatic rings. The minimum absolute atomic E-state index is 0.366. The van der Waals surface area contributed by atoms with Crippen molar-refractivity contribution in [2.75, 3.05) is 10.6 Å². The maximum atomic E-state index is 13.7. The summed E-state index contributed by atoms with van der Waals surface area (Å²) >= 11 is 5.56. The molecule has 2 rings (SSSR count). The molecule has 0 amide bonds. The molecular weight excluding hydrogens is 386 g/mol. The number of anilines is 1. The first kappa shape index (κ1) is 19.3. The molecule has 0 radical (unpaired) electrons. The second kappa shape index (κ2) is 7.49. The van der Waals surface area contributed by atoms with Crippen LogP contribution in [0.1, 0.15) is 12.0 Å². The van der Waals surface area contributed by atoms with Crippen LogP contribution in [0.5, 0.6) is 5.75 Å². The van der Waals surface area contributed by atoms with Crippen molar-refractivity contribution < 1.29 is 31.1 Å². The van der Waals surface area contributed by atoms with Crippen LogP contribution in [-0.4, -0.2) is 19.4 Å². The predicted molar refractivity (Wildman–Crippen MR) is 84.2 cm³/mol. The van der Waals surface area contributed by atoms with Crippen molar-refractivity contribution in [1.29, 1.82) is 0 Å². The second-order valence-corrected chi connectivity index (χ2v) is 7.08. The molecule has 0 saturated heterocycles. The maximum absolute atomic E-state index is 13.7. The van der Waals surface area contributed by atoms with Crippen LogP contribution in [-0.2, 0) is 16.4 Å². The number of benzene rings is 2. The Bertz CT molecular complexity index is 860. The van der Waals surface area contributed by atoms with Gasteiger partial charge in [-0.2, -0.15) is 8.78 Å². The zero-order valence-corrected chi connectivity index (χ0v) is 14.1. The summed E-state index contributed by atoms with van der Waals surface area (Å²) in [5.74, 6) is -9.77. The lowest BCUT2D eigenvalue weighted by Gasteiger charge is -2.12. The summed E-state index contributed by atoms with van der Waals surface area (Å²) in [6.45, 7) is 0. The fourth-order valence-electron chi connectivity index (χ4n) is 2.01. The number of alkyl halides is 1. The quantitative estimate of drug-likeness (QED) is 0.336. The smallest absolute Gasteiger partial charge is 0.262 e. The standard InChI is InChI=1S/C15H12ClF4NO3S/c16-7-1-2-8-3-5-9(6-4-8)25(23,24)21-14-10(17)12(19)15(22)13(20)11(14)18/h3-6,21-22H,1-2,7H2. The molecule has 2 N–H and O–H groups in total. The normalized spacial score (nSPS) is 11.6. The molecule has 0 saturated carbocycles. The van der Waals surface area contributed by atoms with Crippen molar-refractivity contribution in [2.24, 2.45) is 0 Å². The number of phenolic OH excluding ortho intramolecular Hbond substituents is 1. The molecule has 10 heteroatoms. The van der Waals surface area contributed by atoms with Crippen LogP contribution in [0.4, 0.5) is 23.2 Å². The number of rotatable bonds is 6. The number of aromatic hydroxyl groups is 1. The molecule has 0 aliphatic rings. The summed E-state index contributed by atoms with van der Waals surface area (Å²) in [5, 5.41) is 8.89. The van der Waals surface area contributed by atoms with Crippen LogP contribution in [0.3, 0.4) is 0 Å². The first-order chi connectivity index (χ1) is 11.7. The summed E-state index contributed by atoms with van der Waals surface area (Å²) in [5.41, 5.74) is -0.766. The first-order valence-corrected chi connectivity index (χ1v) is 8.93. The Morgan fingerprint density at radius 1 is 0.960 bits per heavy atom. The van der Waals surface area contributed by atoms with Crippen LogP contribution in [0, 0.1) is 23.3 Å². The van der Waals surface area contributed by atoms with Crippen LogP contribution < -0.4 is 4.72 Å². The van der Waals surface area contributed by atoms with Crippen LogP contribution in [0.15, 0.2) is 29.2 Å².